The Morgan fingerprint density at radius 3 is 2.69 bits per heavy atom. The summed E-state index contributed by atoms with van der Waals surface area (Å²) in [5, 5.41) is 7.03. The highest BCUT2D eigenvalue weighted by Gasteiger charge is 2.11. The van der Waals surface area contributed by atoms with Crippen molar-refractivity contribution in [3.8, 4) is 5.75 Å². The molecule has 0 spiro atoms. The van der Waals surface area contributed by atoms with Gasteiger partial charge in [0.25, 0.3) is 10.7 Å². The second kappa shape index (κ2) is 7.97. The first-order chi connectivity index (χ1) is 12.5. The zero-order valence-corrected chi connectivity index (χ0v) is 15.4. The van der Waals surface area contributed by atoms with Crippen LogP contribution in [0.5, 0.6) is 5.75 Å². The van der Waals surface area contributed by atoms with Gasteiger partial charge in [-0.25, -0.2) is 4.68 Å². The van der Waals surface area contributed by atoms with E-state index in [0.29, 0.717) is 11.6 Å². The minimum atomic E-state index is -0.229. The second-order valence-electron chi connectivity index (χ2n) is 5.87. The van der Waals surface area contributed by atoms with Crippen LogP contribution >= 0.6 is 12.2 Å². The minimum absolute atomic E-state index is 0.0272. The van der Waals surface area contributed by atoms with Gasteiger partial charge in [-0.2, -0.15) is 0 Å². The van der Waals surface area contributed by atoms with Crippen molar-refractivity contribution in [1.82, 2.24) is 9.78 Å². The smallest absolute Gasteiger partial charge is 0.287 e. The Hall–Kier alpha value is -2.93. The van der Waals surface area contributed by atoms with E-state index in [4.69, 9.17) is 21.4 Å². The van der Waals surface area contributed by atoms with Gasteiger partial charge in [-0.1, -0.05) is 24.3 Å². The lowest BCUT2D eigenvalue weighted by atomic mass is 10.1. The molecule has 0 bridgehead atoms. The predicted molar refractivity (Wildman–Crippen MR) is 101 cm³/mol. The van der Waals surface area contributed by atoms with Gasteiger partial charge < -0.3 is 14.5 Å². The number of para-hydroxylation sites is 1. The van der Waals surface area contributed by atoms with Crippen LogP contribution in [-0.4, -0.2) is 15.7 Å². The van der Waals surface area contributed by atoms with Gasteiger partial charge in [0.2, 0.25) is 5.91 Å². The lowest BCUT2D eigenvalue weighted by Gasteiger charge is -2.07. The van der Waals surface area contributed by atoms with Gasteiger partial charge >= 0.3 is 0 Å². The Bertz CT molecular complexity index is 964. The Balaban J connectivity index is 1.60. The van der Waals surface area contributed by atoms with Crippen LogP contribution in [0.25, 0.3) is 0 Å². The molecule has 0 saturated heterocycles. The molecule has 1 amide bonds. The van der Waals surface area contributed by atoms with E-state index in [1.807, 2.05) is 62.4 Å². The highest BCUT2D eigenvalue weighted by Crippen LogP contribution is 2.14. The van der Waals surface area contributed by atoms with Crippen LogP contribution in [0.4, 0.5) is 5.69 Å². The van der Waals surface area contributed by atoms with Crippen LogP contribution in [0, 0.1) is 18.7 Å². The number of nitrogens with zero attached hydrogens (tertiary/aromatic N) is 2. The molecule has 0 atom stereocenters. The largest absolute Gasteiger partial charge is 0.484 e. The first-order valence-electron chi connectivity index (χ1n) is 8.13. The summed E-state index contributed by atoms with van der Waals surface area (Å²) in [6.45, 7) is 4.13. The van der Waals surface area contributed by atoms with Crippen molar-refractivity contribution >= 4 is 23.8 Å². The van der Waals surface area contributed by atoms with Gasteiger partial charge in [0.05, 0.1) is 0 Å². The lowest BCUT2D eigenvalue weighted by molar-refractivity contribution is -0.117. The number of anilines is 1. The first-order valence-corrected chi connectivity index (χ1v) is 8.54. The van der Waals surface area contributed by atoms with E-state index in [-0.39, 0.29) is 23.9 Å². The second-order valence-corrected chi connectivity index (χ2v) is 6.22. The lowest BCUT2D eigenvalue weighted by Crippen LogP contribution is -2.19. The molecule has 0 aliphatic carbocycles. The standard InChI is InChI=1S/C19H19N3O3S/c1-13-8-9-15(10-14(13)2)20-17(23)11-22-19(26)25-18(21-22)12-24-16-6-4-3-5-7-16/h3-10H,11-12H2,1-2H3,(H,20,23). The van der Waals surface area contributed by atoms with Crippen molar-refractivity contribution in [1.29, 1.82) is 0 Å². The topological polar surface area (TPSA) is 69.3 Å². The van der Waals surface area contributed by atoms with E-state index in [1.165, 1.54) is 10.2 Å². The van der Waals surface area contributed by atoms with Crippen LogP contribution < -0.4 is 10.1 Å². The summed E-state index contributed by atoms with van der Waals surface area (Å²) in [7, 11) is 0. The number of hydrogen-bond donors (Lipinski definition) is 1. The molecule has 134 valence electrons. The summed E-state index contributed by atoms with van der Waals surface area (Å²) in [5.41, 5.74) is 3.02. The normalized spacial score (nSPS) is 10.5. The van der Waals surface area contributed by atoms with Crippen LogP contribution in [0.1, 0.15) is 17.0 Å². The summed E-state index contributed by atoms with van der Waals surface area (Å²) in [4.78, 5) is 12.4. The maximum Gasteiger partial charge on any atom is 0.287 e. The average Bonchev–Trinajstić information content (AvgIpc) is 2.97. The Labute approximate surface area is 156 Å². The highest BCUT2D eigenvalue weighted by molar-refractivity contribution is 7.71. The fourth-order valence-corrected chi connectivity index (χ4v) is 2.53. The molecule has 0 saturated carbocycles. The molecule has 6 nitrogen and oxygen atoms in total. The van der Waals surface area contributed by atoms with Crippen molar-refractivity contribution in [2.75, 3.05) is 5.32 Å². The van der Waals surface area contributed by atoms with Gasteiger partial charge in [-0.3, -0.25) is 4.79 Å². The monoisotopic (exact) mass is 369 g/mol. The molecule has 1 aromatic heterocycles. The summed E-state index contributed by atoms with van der Waals surface area (Å²) < 4.78 is 12.3. The molecule has 3 rings (SSSR count). The maximum atomic E-state index is 12.2. The van der Waals surface area contributed by atoms with E-state index >= 15 is 0 Å². The summed E-state index contributed by atoms with van der Waals surface area (Å²) in [6, 6.07) is 15.1. The van der Waals surface area contributed by atoms with Gasteiger partial charge in [0.15, 0.2) is 6.61 Å². The minimum Gasteiger partial charge on any atom is -0.484 e. The molecule has 1 heterocycles. The fraction of sp³-hybridized carbons (Fsp3) is 0.211. The van der Waals surface area contributed by atoms with Crippen LogP contribution in [-0.2, 0) is 17.9 Å². The van der Waals surface area contributed by atoms with Crippen molar-refractivity contribution in [2.24, 2.45) is 0 Å². The van der Waals surface area contributed by atoms with E-state index in [2.05, 4.69) is 10.4 Å². The van der Waals surface area contributed by atoms with Crippen molar-refractivity contribution in [2.45, 2.75) is 27.0 Å². The molecular formula is C19H19N3O3S. The Kier molecular flexibility index (Phi) is 5.48. The number of benzene rings is 2. The third-order valence-corrected chi connectivity index (χ3v) is 4.13. The highest BCUT2D eigenvalue weighted by atomic mass is 32.1. The zero-order chi connectivity index (χ0) is 18.5. The number of ether oxygens (including phenoxy) is 1. The number of carbonyl (C=O) groups excluding carboxylic acids is 1. The summed E-state index contributed by atoms with van der Waals surface area (Å²) >= 11 is 5.12. The molecule has 7 heteroatoms. The van der Waals surface area contributed by atoms with E-state index in [9.17, 15) is 4.79 Å². The van der Waals surface area contributed by atoms with Crippen LogP contribution in [0.2, 0.25) is 0 Å². The third-order valence-electron chi connectivity index (χ3n) is 3.84. The fourth-order valence-electron chi connectivity index (χ4n) is 2.33. The number of aryl methyl sites for hydroxylation is 2. The summed E-state index contributed by atoms with van der Waals surface area (Å²) in [5.74, 6) is 0.793. The summed E-state index contributed by atoms with van der Waals surface area (Å²) in [6.07, 6.45) is 0. The Morgan fingerprint density at radius 2 is 1.96 bits per heavy atom. The van der Waals surface area contributed by atoms with Gasteiger partial charge in [-0.15, -0.1) is 5.10 Å². The van der Waals surface area contributed by atoms with Gasteiger partial charge in [0, 0.05) is 5.69 Å². The van der Waals surface area contributed by atoms with Crippen LogP contribution in [0.3, 0.4) is 0 Å². The zero-order valence-electron chi connectivity index (χ0n) is 14.6. The van der Waals surface area contributed by atoms with E-state index in [0.717, 1.165) is 11.3 Å². The molecule has 26 heavy (non-hydrogen) atoms. The predicted octanol–water partition coefficient (Wildman–Crippen LogP) is 4.04. The molecule has 0 radical (unpaired) electrons. The van der Waals surface area contributed by atoms with Gasteiger partial charge in [0.1, 0.15) is 12.3 Å². The molecule has 0 aliphatic heterocycles. The van der Waals surface area contributed by atoms with Crippen LogP contribution in [0.15, 0.2) is 52.9 Å². The van der Waals surface area contributed by atoms with E-state index < -0.39 is 0 Å². The Morgan fingerprint density at radius 1 is 1.19 bits per heavy atom. The third kappa shape index (κ3) is 4.58. The molecule has 0 unspecified atom stereocenters. The van der Waals surface area contributed by atoms with E-state index in [1.54, 1.807) is 0 Å². The average molecular weight is 369 g/mol. The van der Waals surface area contributed by atoms with Crippen molar-refractivity contribution in [3.63, 3.8) is 0 Å². The number of rotatable bonds is 6. The first kappa shape index (κ1) is 17.9. The number of nitrogens with one attached hydrogen (secondary N) is 1. The molecule has 1 N–H and O–H groups in total. The quantitative estimate of drug-likeness (QED) is 0.664. The van der Waals surface area contributed by atoms with Crippen molar-refractivity contribution < 1.29 is 13.9 Å². The van der Waals surface area contributed by atoms with Gasteiger partial charge in [-0.05, 0) is 61.5 Å². The number of hydrogen-bond acceptors (Lipinski definition) is 5. The SMILES string of the molecule is Cc1ccc(NC(=O)Cn2nc(COc3ccccc3)oc2=S)cc1C. The number of carbonyl (C=O) groups is 1. The molecule has 2 aromatic carbocycles. The maximum absolute atomic E-state index is 12.2. The molecule has 0 aliphatic rings. The molecule has 0 fully saturated rings. The number of aromatic nitrogens is 2. The molecule has 3 aromatic rings. The van der Waals surface area contributed by atoms with Crippen molar-refractivity contribution in [3.05, 3.63) is 70.4 Å². The molecular weight excluding hydrogens is 350 g/mol. The number of amides is 1.